The van der Waals surface area contributed by atoms with Crippen LogP contribution in [0.4, 0.5) is 0 Å². The van der Waals surface area contributed by atoms with Crippen molar-refractivity contribution in [2.75, 3.05) is 33.0 Å². The molecule has 3 aliphatic heterocycles. The summed E-state index contributed by atoms with van der Waals surface area (Å²) in [5, 5.41) is 0.539. The van der Waals surface area contributed by atoms with Crippen molar-refractivity contribution in [3.8, 4) is 23.0 Å². The highest BCUT2D eigenvalue weighted by Gasteiger charge is 2.43. The van der Waals surface area contributed by atoms with Crippen molar-refractivity contribution in [3.63, 3.8) is 0 Å². The van der Waals surface area contributed by atoms with E-state index in [9.17, 15) is 0 Å². The molecule has 0 saturated carbocycles. The van der Waals surface area contributed by atoms with Gasteiger partial charge in [0, 0.05) is 25.4 Å². The summed E-state index contributed by atoms with van der Waals surface area (Å²) in [6.07, 6.45) is 2.90. The molecular weight excluding hydrogens is 446 g/mol. The van der Waals surface area contributed by atoms with E-state index in [1.54, 1.807) is 0 Å². The van der Waals surface area contributed by atoms with Gasteiger partial charge in [0.15, 0.2) is 11.8 Å². The Morgan fingerprint density at radius 2 is 1.88 bits per heavy atom. The van der Waals surface area contributed by atoms with Gasteiger partial charge in [-0.05, 0) is 55.5 Å². The van der Waals surface area contributed by atoms with Crippen molar-refractivity contribution in [3.05, 3.63) is 35.4 Å². The average Bonchev–Trinajstić information content (AvgIpc) is 3.55. The fourth-order valence-corrected chi connectivity index (χ4v) is 4.93. The van der Waals surface area contributed by atoms with Gasteiger partial charge in [0.25, 0.3) is 6.01 Å². The van der Waals surface area contributed by atoms with E-state index >= 15 is 0 Å². The van der Waals surface area contributed by atoms with Crippen molar-refractivity contribution < 1.29 is 23.7 Å². The first-order chi connectivity index (χ1) is 16.2. The third-order valence-corrected chi connectivity index (χ3v) is 6.83. The lowest BCUT2D eigenvalue weighted by atomic mass is 10.0. The molecule has 1 aromatic carbocycles. The molecule has 9 heteroatoms. The molecule has 0 bridgehead atoms. The highest BCUT2D eigenvalue weighted by Crippen LogP contribution is 2.32. The molecule has 5 heterocycles. The molecule has 0 aliphatic carbocycles. The van der Waals surface area contributed by atoms with E-state index in [-0.39, 0.29) is 18.3 Å². The number of hydrogen-bond donors (Lipinski definition) is 1. The molecule has 3 atom stereocenters. The topological polar surface area (TPSA) is 87.7 Å². The molecule has 174 valence electrons. The van der Waals surface area contributed by atoms with E-state index in [2.05, 4.69) is 15.0 Å². The van der Waals surface area contributed by atoms with Gasteiger partial charge in [0.1, 0.15) is 11.9 Å². The number of imidazole rings is 1. The minimum Gasteiger partial charge on any atom is -0.493 e. The second-order valence-electron chi connectivity index (χ2n) is 8.78. The van der Waals surface area contributed by atoms with Crippen LogP contribution in [0.15, 0.2) is 30.3 Å². The summed E-state index contributed by atoms with van der Waals surface area (Å²) in [4.78, 5) is 12.4. The van der Waals surface area contributed by atoms with Gasteiger partial charge < -0.3 is 28.7 Å². The van der Waals surface area contributed by atoms with Crippen LogP contribution >= 0.6 is 11.6 Å². The predicted molar refractivity (Wildman–Crippen MR) is 122 cm³/mol. The monoisotopic (exact) mass is 471 g/mol. The van der Waals surface area contributed by atoms with Crippen LogP contribution in [-0.4, -0.2) is 66.3 Å². The van der Waals surface area contributed by atoms with Crippen molar-refractivity contribution in [2.24, 2.45) is 5.92 Å². The number of aromatic amines is 1. The summed E-state index contributed by atoms with van der Waals surface area (Å²) in [6, 6.07) is 10.1. The number of pyridine rings is 1. The van der Waals surface area contributed by atoms with E-state index in [1.807, 2.05) is 30.3 Å². The molecule has 3 aromatic rings. The van der Waals surface area contributed by atoms with Gasteiger partial charge in [-0.1, -0.05) is 11.6 Å². The van der Waals surface area contributed by atoms with Crippen LogP contribution in [-0.2, 0) is 14.2 Å². The van der Waals surface area contributed by atoms with Crippen LogP contribution in [0, 0.1) is 5.92 Å². The smallest absolute Gasteiger partial charge is 0.296 e. The van der Waals surface area contributed by atoms with E-state index in [0.717, 1.165) is 49.3 Å². The fourth-order valence-electron chi connectivity index (χ4n) is 4.66. The fraction of sp³-hybridized carbons (Fsp3) is 0.500. The molecule has 1 N–H and O–H groups in total. The number of hydrogen-bond acceptors (Lipinski definition) is 7. The Balaban J connectivity index is 1.16. The summed E-state index contributed by atoms with van der Waals surface area (Å²) in [7, 11) is 0. The highest BCUT2D eigenvalue weighted by atomic mass is 35.5. The van der Waals surface area contributed by atoms with E-state index in [4.69, 9.17) is 35.3 Å². The van der Waals surface area contributed by atoms with Gasteiger partial charge in [0.2, 0.25) is 0 Å². The molecular formula is C24H26ClN3O5. The van der Waals surface area contributed by atoms with E-state index in [1.165, 1.54) is 0 Å². The van der Waals surface area contributed by atoms with Crippen LogP contribution in [0.25, 0.3) is 22.4 Å². The van der Waals surface area contributed by atoms with Gasteiger partial charge in [0.05, 0.1) is 35.6 Å². The standard InChI is InChI=1S/C24H26ClN3O5/c25-17-11-18-23(28-24(26-18)33-20-13-32-19-7-10-30-22(19)20)27-21(17)15-1-3-16(4-2-15)31-12-14-5-8-29-9-6-14/h1-4,11,14,19-20,22H,5-10,12-13H2,(H,26,27,28). The first-order valence-electron chi connectivity index (χ1n) is 11.5. The minimum atomic E-state index is -0.179. The molecule has 3 saturated heterocycles. The number of benzene rings is 1. The van der Waals surface area contributed by atoms with Crippen LogP contribution in [0.5, 0.6) is 11.8 Å². The van der Waals surface area contributed by atoms with Crippen LogP contribution < -0.4 is 9.47 Å². The molecule has 6 rings (SSSR count). The average molecular weight is 472 g/mol. The van der Waals surface area contributed by atoms with Gasteiger partial charge in [-0.2, -0.15) is 4.98 Å². The van der Waals surface area contributed by atoms with E-state index < -0.39 is 0 Å². The summed E-state index contributed by atoms with van der Waals surface area (Å²) >= 11 is 6.56. The maximum absolute atomic E-state index is 6.56. The molecule has 0 spiro atoms. The molecule has 3 fully saturated rings. The van der Waals surface area contributed by atoms with Crippen LogP contribution in [0.1, 0.15) is 19.3 Å². The van der Waals surface area contributed by atoms with Gasteiger partial charge in [-0.25, -0.2) is 4.98 Å². The zero-order valence-electron chi connectivity index (χ0n) is 18.2. The van der Waals surface area contributed by atoms with Crippen LogP contribution in [0.3, 0.4) is 0 Å². The normalized spacial score (nSPS) is 25.4. The van der Waals surface area contributed by atoms with Crippen LogP contribution in [0.2, 0.25) is 5.02 Å². The largest absolute Gasteiger partial charge is 0.493 e. The number of ether oxygens (including phenoxy) is 5. The zero-order chi connectivity index (χ0) is 22.2. The van der Waals surface area contributed by atoms with Crippen molar-refractivity contribution >= 4 is 22.8 Å². The molecule has 0 radical (unpaired) electrons. The second-order valence-corrected chi connectivity index (χ2v) is 9.18. The number of H-pyrrole nitrogens is 1. The SMILES string of the molecule is Clc1cc2[nH]c(OC3COC4CCOC43)nc2nc1-c1ccc(OCC2CCOCC2)cc1. The summed E-state index contributed by atoms with van der Waals surface area (Å²) in [6.45, 7) is 3.55. The van der Waals surface area contributed by atoms with Gasteiger partial charge in [-0.3, -0.25) is 0 Å². The number of aromatic nitrogens is 3. The summed E-state index contributed by atoms with van der Waals surface area (Å²) in [5.74, 6) is 1.39. The Bertz CT molecular complexity index is 1120. The third-order valence-electron chi connectivity index (χ3n) is 6.54. The molecule has 8 nitrogen and oxygen atoms in total. The Morgan fingerprint density at radius 3 is 2.73 bits per heavy atom. The first-order valence-corrected chi connectivity index (χ1v) is 11.9. The Labute approximate surface area is 196 Å². The van der Waals surface area contributed by atoms with Crippen molar-refractivity contribution in [1.82, 2.24) is 15.0 Å². The predicted octanol–water partition coefficient (Wildman–Crippen LogP) is 4.02. The number of nitrogens with zero attached hydrogens (tertiary/aromatic N) is 2. The van der Waals surface area contributed by atoms with Crippen molar-refractivity contribution in [1.29, 1.82) is 0 Å². The zero-order valence-corrected chi connectivity index (χ0v) is 18.9. The second kappa shape index (κ2) is 9.10. The number of halogens is 1. The number of nitrogens with one attached hydrogen (secondary N) is 1. The first kappa shape index (κ1) is 21.2. The lowest BCUT2D eigenvalue weighted by Gasteiger charge is -2.22. The van der Waals surface area contributed by atoms with E-state index in [0.29, 0.717) is 48.1 Å². The Hall–Kier alpha value is -2.39. The number of fused-ring (bicyclic) bond motifs is 2. The quantitative estimate of drug-likeness (QED) is 0.581. The molecule has 0 amide bonds. The number of rotatable bonds is 6. The molecule has 33 heavy (non-hydrogen) atoms. The Kier molecular flexibility index (Phi) is 5.84. The minimum absolute atomic E-state index is 0.0440. The van der Waals surface area contributed by atoms with Crippen molar-refractivity contribution in [2.45, 2.75) is 37.6 Å². The maximum Gasteiger partial charge on any atom is 0.296 e. The summed E-state index contributed by atoms with van der Waals surface area (Å²) < 4.78 is 28.9. The Morgan fingerprint density at radius 1 is 1.03 bits per heavy atom. The lowest BCUT2D eigenvalue weighted by molar-refractivity contribution is 0.0273. The molecule has 3 unspecified atom stereocenters. The maximum atomic E-state index is 6.56. The molecule has 2 aromatic heterocycles. The summed E-state index contributed by atoms with van der Waals surface area (Å²) in [5.41, 5.74) is 2.84. The lowest BCUT2D eigenvalue weighted by Crippen LogP contribution is -2.32. The highest BCUT2D eigenvalue weighted by molar-refractivity contribution is 6.33. The molecule has 3 aliphatic rings. The van der Waals surface area contributed by atoms with Gasteiger partial charge in [-0.15, -0.1) is 0 Å². The third kappa shape index (κ3) is 4.40. The van der Waals surface area contributed by atoms with Gasteiger partial charge >= 0.3 is 0 Å².